The molecule has 0 spiro atoms. The van der Waals surface area contributed by atoms with Gasteiger partial charge < -0.3 is 24.4 Å². The number of benzene rings is 2. The second-order valence-electron chi connectivity index (χ2n) is 8.14. The molecule has 35 heavy (non-hydrogen) atoms. The fourth-order valence-electron chi connectivity index (χ4n) is 3.93. The van der Waals surface area contributed by atoms with Gasteiger partial charge in [0.1, 0.15) is 0 Å². The number of hydrogen-bond donors (Lipinski definition) is 1. The number of morpholine rings is 1. The zero-order chi connectivity index (χ0) is 24.3. The fourth-order valence-corrected chi connectivity index (χ4v) is 3.93. The number of ether oxygens (including phenoxy) is 3. The lowest BCUT2D eigenvalue weighted by Gasteiger charge is -2.31. The van der Waals surface area contributed by atoms with Crippen molar-refractivity contribution in [2.45, 2.75) is 13.2 Å². The van der Waals surface area contributed by atoms with Gasteiger partial charge in [0, 0.05) is 41.8 Å². The summed E-state index contributed by atoms with van der Waals surface area (Å²) in [7, 11) is 0. The minimum atomic E-state index is 0.496. The van der Waals surface area contributed by atoms with Crippen molar-refractivity contribution in [1.82, 2.24) is 9.97 Å². The second kappa shape index (κ2) is 12.8. The summed E-state index contributed by atoms with van der Waals surface area (Å²) in [5.74, 6) is 0.535. The molecule has 0 aliphatic carbocycles. The van der Waals surface area contributed by atoms with Crippen LogP contribution in [0.3, 0.4) is 0 Å². The van der Waals surface area contributed by atoms with Crippen molar-refractivity contribution in [2.24, 2.45) is 0 Å². The van der Waals surface area contributed by atoms with E-state index in [1.54, 1.807) is 18.3 Å². The zero-order valence-corrected chi connectivity index (χ0v) is 20.0. The third-order valence-electron chi connectivity index (χ3n) is 5.56. The Balaban J connectivity index is 1.52. The third-order valence-corrected chi connectivity index (χ3v) is 5.56. The SMILES string of the molecule is C=CCOCc1cccc(-c2ccnc(Nc3ccc(N4CCOCC4)c(COCC=C)c3)n2)c1. The molecule has 1 aliphatic heterocycles. The minimum absolute atomic E-state index is 0.496. The molecular weight excluding hydrogens is 440 g/mol. The van der Waals surface area contributed by atoms with E-state index in [1.807, 2.05) is 24.3 Å². The van der Waals surface area contributed by atoms with Crippen LogP contribution in [0.5, 0.6) is 0 Å². The molecule has 7 nitrogen and oxygen atoms in total. The van der Waals surface area contributed by atoms with Crippen LogP contribution in [0.15, 0.2) is 80.0 Å². The molecule has 0 saturated carbocycles. The number of nitrogens with one attached hydrogen (secondary N) is 1. The molecule has 0 bridgehead atoms. The van der Waals surface area contributed by atoms with Gasteiger partial charge in [-0.1, -0.05) is 30.4 Å². The molecule has 1 fully saturated rings. The van der Waals surface area contributed by atoms with Crippen molar-refractivity contribution in [3.05, 3.63) is 91.2 Å². The average molecular weight is 473 g/mol. The van der Waals surface area contributed by atoms with Crippen LogP contribution in [0.25, 0.3) is 11.3 Å². The zero-order valence-electron chi connectivity index (χ0n) is 20.0. The number of aromatic nitrogens is 2. The molecule has 3 aromatic rings. The smallest absolute Gasteiger partial charge is 0.227 e. The van der Waals surface area contributed by atoms with Gasteiger partial charge >= 0.3 is 0 Å². The Labute approximate surface area is 207 Å². The van der Waals surface area contributed by atoms with Crippen LogP contribution in [-0.4, -0.2) is 49.5 Å². The normalized spacial score (nSPS) is 13.4. The van der Waals surface area contributed by atoms with Gasteiger partial charge in [0.05, 0.1) is 45.3 Å². The minimum Gasteiger partial charge on any atom is -0.378 e. The molecule has 2 aromatic carbocycles. The molecule has 1 aliphatic rings. The van der Waals surface area contributed by atoms with Gasteiger partial charge in [-0.15, -0.1) is 13.2 Å². The molecule has 1 aromatic heterocycles. The number of rotatable bonds is 12. The van der Waals surface area contributed by atoms with E-state index < -0.39 is 0 Å². The Morgan fingerprint density at radius 1 is 0.971 bits per heavy atom. The second-order valence-corrected chi connectivity index (χ2v) is 8.14. The summed E-state index contributed by atoms with van der Waals surface area (Å²) >= 11 is 0. The van der Waals surface area contributed by atoms with Crippen LogP contribution in [0.4, 0.5) is 17.3 Å². The maximum Gasteiger partial charge on any atom is 0.227 e. The maximum atomic E-state index is 5.78. The van der Waals surface area contributed by atoms with Crippen molar-refractivity contribution in [2.75, 3.05) is 49.7 Å². The molecule has 0 radical (unpaired) electrons. The van der Waals surface area contributed by atoms with E-state index in [2.05, 4.69) is 52.6 Å². The maximum absolute atomic E-state index is 5.78. The summed E-state index contributed by atoms with van der Waals surface area (Å²) in [4.78, 5) is 11.5. The van der Waals surface area contributed by atoms with Crippen LogP contribution in [0.2, 0.25) is 0 Å². The van der Waals surface area contributed by atoms with Gasteiger partial charge in [-0.2, -0.15) is 0 Å². The summed E-state index contributed by atoms with van der Waals surface area (Å²) < 4.78 is 16.9. The largest absolute Gasteiger partial charge is 0.378 e. The van der Waals surface area contributed by atoms with E-state index in [1.165, 1.54) is 0 Å². The van der Waals surface area contributed by atoms with Crippen molar-refractivity contribution in [3.63, 3.8) is 0 Å². The lowest BCUT2D eigenvalue weighted by atomic mass is 10.1. The molecule has 4 rings (SSSR count). The summed E-state index contributed by atoms with van der Waals surface area (Å²) in [5.41, 5.74) is 6.10. The Hall–Kier alpha value is -3.52. The highest BCUT2D eigenvalue weighted by Gasteiger charge is 2.16. The first-order valence-corrected chi connectivity index (χ1v) is 11.8. The van der Waals surface area contributed by atoms with Gasteiger partial charge in [0.15, 0.2) is 0 Å². The highest BCUT2D eigenvalue weighted by atomic mass is 16.5. The first kappa shape index (κ1) is 24.6. The molecule has 182 valence electrons. The summed E-state index contributed by atoms with van der Waals surface area (Å²) in [6.07, 6.45) is 5.27. The van der Waals surface area contributed by atoms with Gasteiger partial charge in [0.25, 0.3) is 0 Å². The average Bonchev–Trinajstić information content (AvgIpc) is 2.90. The van der Waals surface area contributed by atoms with Crippen molar-refractivity contribution in [3.8, 4) is 11.3 Å². The number of anilines is 3. The Kier molecular flexibility index (Phi) is 9.00. The van der Waals surface area contributed by atoms with Gasteiger partial charge in [-0.3, -0.25) is 0 Å². The first-order valence-electron chi connectivity index (χ1n) is 11.8. The molecule has 0 unspecified atom stereocenters. The summed E-state index contributed by atoms with van der Waals surface area (Å²) in [5, 5.41) is 3.35. The standard InChI is InChI=1S/C28H32N4O3/c1-3-14-34-20-22-6-5-7-23(18-22)26-10-11-29-28(31-26)30-25-8-9-27(32-12-16-33-17-13-32)24(19-25)21-35-15-4-2/h3-11,18-19H,1-2,12-17,20-21H2,(H,29,30,31). The quantitative estimate of drug-likeness (QED) is 0.289. The monoisotopic (exact) mass is 472 g/mol. The molecule has 1 N–H and O–H groups in total. The molecule has 0 amide bonds. The Morgan fingerprint density at radius 2 is 1.77 bits per heavy atom. The van der Waals surface area contributed by atoms with Crippen molar-refractivity contribution >= 4 is 17.3 Å². The van der Waals surface area contributed by atoms with E-state index in [4.69, 9.17) is 19.2 Å². The Bertz CT molecular complexity index is 1130. The van der Waals surface area contributed by atoms with E-state index in [0.717, 1.165) is 60.1 Å². The van der Waals surface area contributed by atoms with E-state index in [0.29, 0.717) is 32.4 Å². The molecule has 1 saturated heterocycles. The lowest BCUT2D eigenvalue weighted by Crippen LogP contribution is -2.36. The highest BCUT2D eigenvalue weighted by Crippen LogP contribution is 2.28. The summed E-state index contributed by atoms with van der Waals surface area (Å²) in [6, 6.07) is 16.4. The van der Waals surface area contributed by atoms with E-state index >= 15 is 0 Å². The molecule has 7 heteroatoms. The lowest BCUT2D eigenvalue weighted by molar-refractivity contribution is 0.121. The van der Waals surface area contributed by atoms with Crippen LogP contribution in [0.1, 0.15) is 11.1 Å². The van der Waals surface area contributed by atoms with Crippen LogP contribution in [0, 0.1) is 0 Å². The first-order chi connectivity index (χ1) is 17.3. The Morgan fingerprint density at radius 3 is 2.57 bits per heavy atom. The fraction of sp³-hybridized carbons (Fsp3) is 0.286. The molecular formula is C28H32N4O3. The number of nitrogens with zero attached hydrogens (tertiary/aromatic N) is 3. The van der Waals surface area contributed by atoms with Crippen LogP contribution < -0.4 is 10.2 Å². The number of hydrogen-bond acceptors (Lipinski definition) is 7. The van der Waals surface area contributed by atoms with Crippen molar-refractivity contribution in [1.29, 1.82) is 0 Å². The van der Waals surface area contributed by atoms with Gasteiger partial charge in [0.2, 0.25) is 5.95 Å². The van der Waals surface area contributed by atoms with Crippen molar-refractivity contribution < 1.29 is 14.2 Å². The van der Waals surface area contributed by atoms with Gasteiger partial charge in [-0.05, 0) is 35.9 Å². The van der Waals surface area contributed by atoms with Crippen LogP contribution >= 0.6 is 0 Å². The van der Waals surface area contributed by atoms with E-state index in [9.17, 15) is 0 Å². The molecule has 0 atom stereocenters. The molecule has 2 heterocycles. The summed E-state index contributed by atoms with van der Waals surface area (Å²) in [6.45, 7) is 12.7. The van der Waals surface area contributed by atoms with Gasteiger partial charge in [-0.25, -0.2) is 9.97 Å². The predicted molar refractivity (Wildman–Crippen MR) is 140 cm³/mol. The van der Waals surface area contributed by atoms with Crippen LogP contribution in [-0.2, 0) is 27.4 Å². The highest BCUT2D eigenvalue weighted by molar-refractivity contribution is 5.66. The predicted octanol–water partition coefficient (Wildman–Crippen LogP) is 5.13. The van der Waals surface area contributed by atoms with E-state index in [-0.39, 0.29) is 0 Å². The topological polar surface area (TPSA) is 68.7 Å². The third kappa shape index (κ3) is 6.99.